The minimum absolute atomic E-state index is 0.0390. The molecule has 0 unspecified atom stereocenters. The summed E-state index contributed by atoms with van der Waals surface area (Å²) >= 11 is 3.17. The Balaban J connectivity index is 2.19. The van der Waals surface area contributed by atoms with Gasteiger partial charge in [0.15, 0.2) is 0 Å². The molecule has 0 spiro atoms. The molecule has 0 atom stereocenters. The second kappa shape index (κ2) is 4.81. The lowest BCUT2D eigenvalue weighted by Gasteiger charge is -2.46. The zero-order chi connectivity index (χ0) is 13.3. The van der Waals surface area contributed by atoms with E-state index in [-0.39, 0.29) is 5.69 Å². The minimum Gasteiger partial charge on any atom is -0.386 e. The van der Waals surface area contributed by atoms with Gasteiger partial charge in [-0.05, 0) is 22.4 Å². The number of hydrogen-bond acceptors (Lipinski definition) is 5. The van der Waals surface area contributed by atoms with Crippen molar-refractivity contribution in [2.75, 3.05) is 18.0 Å². The number of hydrogen-bond donors (Lipinski definition) is 1. The van der Waals surface area contributed by atoms with Crippen LogP contribution in [0.3, 0.4) is 0 Å². The third-order valence-corrected chi connectivity index (χ3v) is 3.43. The van der Waals surface area contributed by atoms with Crippen LogP contribution in [-0.4, -0.2) is 33.7 Å². The molecular weight excluding hydrogens is 302 g/mol. The van der Waals surface area contributed by atoms with Crippen molar-refractivity contribution in [3.8, 4) is 0 Å². The number of aromatic nitrogens is 1. The number of nitro groups is 1. The summed E-state index contributed by atoms with van der Waals surface area (Å²) in [6, 6.07) is 1.43. The monoisotopic (exact) mass is 315 g/mol. The molecule has 1 fully saturated rings. The highest BCUT2D eigenvalue weighted by molar-refractivity contribution is 9.10. The largest absolute Gasteiger partial charge is 0.386 e. The van der Waals surface area contributed by atoms with Crippen LogP contribution >= 0.6 is 15.9 Å². The number of pyridine rings is 1. The molecule has 1 aromatic rings. The first-order valence-electron chi connectivity index (χ1n) is 5.72. The van der Waals surface area contributed by atoms with E-state index >= 15 is 0 Å². The summed E-state index contributed by atoms with van der Waals surface area (Å²) in [7, 11) is 0. The quantitative estimate of drug-likeness (QED) is 0.680. The third kappa shape index (κ3) is 2.46. The van der Waals surface area contributed by atoms with Gasteiger partial charge < -0.3 is 10.0 Å². The number of nitrogens with zero attached hydrogens (tertiary/aromatic N) is 3. The van der Waals surface area contributed by atoms with Gasteiger partial charge in [0.25, 0.3) is 0 Å². The van der Waals surface area contributed by atoms with Crippen molar-refractivity contribution in [2.45, 2.75) is 25.4 Å². The lowest BCUT2D eigenvalue weighted by atomic mass is 9.89. The summed E-state index contributed by atoms with van der Waals surface area (Å²) in [5.41, 5.74) is -0.764. The van der Waals surface area contributed by atoms with Crippen molar-refractivity contribution in [1.29, 1.82) is 0 Å². The molecule has 0 amide bonds. The Hall–Kier alpha value is -1.21. The van der Waals surface area contributed by atoms with E-state index in [2.05, 4.69) is 20.9 Å². The molecule has 6 nitrogen and oxygen atoms in total. The highest BCUT2D eigenvalue weighted by atomic mass is 79.9. The standard InChI is InChI=1S/C11H14BrN3O3/c1-2-3-11(16)6-14(7-11)10-9(15(17)18)4-8(12)5-13-10/h4-5,16H,2-3,6-7H2,1H3. The van der Waals surface area contributed by atoms with E-state index in [9.17, 15) is 15.2 Å². The highest BCUT2D eigenvalue weighted by Gasteiger charge is 2.43. The Bertz CT molecular complexity index is 475. The molecule has 1 aromatic heterocycles. The molecule has 1 N–H and O–H groups in total. The third-order valence-electron chi connectivity index (χ3n) is 3.00. The second-order valence-electron chi connectivity index (χ2n) is 4.58. The van der Waals surface area contributed by atoms with Crippen LogP contribution in [0.25, 0.3) is 0 Å². The molecule has 98 valence electrons. The van der Waals surface area contributed by atoms with Crippen LogP contribution in [0.2, 0.25) is 0 Å². The van der Waals surface area contributed by atoms with Crippen molar-refractivity contribution < 1.29 is 10.0 Å². The maximum atomic E-state index is 11.0. The van der Waals surface area contributed by atoms with E-state index in [1.807, 2.05) is 6.92 Å². The number of anilines is 1. The zero-order valence-corrected chi connectivity index (χ0v) is 11.6. The maximum Gasteiger partial charge on any atom is 0.312 e. The van der Waals surface area contributed by atoms with Crippen molar-refractivity contribution in [3.05, 3.63) is 26.9 Å². The van der Waals surface area contributed by atoms with Gasteiger partial charge in [0, 0.05) is 16.7 Å². The molecule has 0 aromatic carbocycles. The Morgan fingerprint density at radius 1 is 1.67 bits per heavy atom. The van der Waals surface area contributed by atoms with Crippen molar-refractivity contribution in [3.63, 3.8) is 0 Å². The van der Waals surface area contributed by atoms with Gasteiger partial charge in [-0.1, -0.05) is 13.3 Å². The fraction of sp³-hybridized carbons (Fsp3) is 0.545. The topological polar surface area (TPSA) is 79.5 Å². The molecule has 1 aliphatic heterocycles. The number of β-amino-alcohol motifs (C(OH)–C–C–N with tert-alkyl or cyclic N) is 1. The lowest BCUT2D eigenvalue weighted by Crippen LogP contribution is -2.62. The molecule has 1 aliphatic rings. The Morgan fingerprint density at radius 2 is 2.33 bits per heavy atom. The van der Waals surface area contributed by atoms with Crippen LogP contribution in [0, 0.1) is 10.1 Å². The first kappa shape index (κ1) is 13.2. The highest BCUT2D eigenvalue weighted by Crippen LogP contribution is 2.35. The summed E-state index contributed by atoms with van der Waals surface area (Å²) < 4.78 is 0.572. The molecule has 0 radical (unpaired) electrons. The van der Waals surface area contributed by atoms with E-state index in [1.54, 1.807) is 4.90 Å². The average molecular weight is 316 g/mol. The van der Waals surface area contributed by atoms with Gasteiger partial charge in [-0.25, -0.2) is 4.98 Å². The summed E-state index contributed by atoms with van der Waals surface area (Å²) in [6.07, 6.45) is 3.12. The molecule has 0 saturated carbocycles. The molecule has 2 rings (SSSR count). The van der Waals surface area contributed by atoms with E-state index in [1.165, 1.54) is 12.3 Å². The lowest BCUT2D eigenvalue weighted by molar-refractivity contribution is -0.384. The predicted octanol–water partition coefficient (Wildman–Crippen LogP) is 2.10. The van der Waals surface area contributed by atoms with Crippen LogP contribution in [0.1, 0.15) is 19.8 Å². The Kier molecular flexibility index (Phi) is 3.54. The van der Waals surface area contributed by atoms with Gasteiger partial charge in [-0.2, -0.15) is 0 Å². The van der Waals surface area contributed by atoms with Crippen LogP contribution in [-0.2, 0) is 0 Å². The smallest absolute Gasteiger partial charge is 0.312 e. The van der Waals surface area contributed by atoms with E-state index in [0.29, 0.717) is 29.8 Å². The normalized spacial score (nSPS) is 17.4. The summed E-state index contributed by atoms with van der Waals surface area (Å²) in [5, 5.41) is 21.0. The molecule has 0 bridgehead atoms. The number of rotatable bonds is 4. The van der Waals surface area contributed by atoms with E-state index < -0.39 is 10.5 Å². The van der Waals surface area contributed by atoms with E-state index in [4.69, 9.17) is 0 Å². The zero-order valence-electron chi connectivity index (χ0n) is 9.97. The Morgan fingerprint density at radius 3 is 2.89 bits per heavy atom. The Labute approximate surface area is 113 Å². The van der Waals surface area contributed by atoms with Crippen molar-refractivity contribution in [2.24, 2.45) is 0 Å². The molecule has 0 aliphatic carbocycles. The number of aliphatic hydroxyl groups is 1. The molecule has 1 saturated heterocycles. The average Bonchev–Trinajstić information content (AvgIpc) is 2.26. The molecule has 2 heterocycles. The van der Waals surface area contributed by atoms with Gasteiger partial charge in [-0.15, -0.1) is 0 Å². The minimum atomic E-state index is -0.725. The summed E-state index contributed by atoms with van der Waals surface area (Å²) in [5.74, 6) is 0.323. The van der Waals surface area contributed by atoms with Gasteiger partial charge in [0.1, 0.15) is 0 Å². The second-order valence-corrected chi connectivity index (χ2v) is 5.50. The van der Waals surface area contributed by atoms with Crippen molar-refractivity contribution in [1.82, 2.24) is 4.98 Å². The van der Waals surface area contributed by atoms with Crippen LogP contribution in [0.15, 0.2) is 16.7 Å². The predicted molar refractivity (Wildman–Crippen MR) is 70.7 cm³/mol. The van der Waals surface area contributed by atoms with Crippen molar-refractivity contribution >= 4 is 27.4 Å². The summed E-state index contributed by atoms with van der Waals surface area (Å²) in [6.45, 7) is 2.80. The van der Waals surface area contributed by atoms with Gasteiger partial charge in [0.2, 0.25) is 5.82 Å². The maximum absolute atomic E-state index is 11.0. The van der Waals surface area contributed by atoms with E-state index in [0.717, 1.165) is 6.42 Å². The number of halogens is 1. The van der Waals surface area contributed by atoms with Crippen LogP contribution < -0.4 is 4.90 Å². The molecule has 18 heavy (non-hydrogen) atoms. The van der Waals surface area contributed by atoms with Gasteiger partial charge in [0.05, 0.1) is 23.6 Å². The van der Waals surface area contributed by atoms with Gasteiger partial charge >= 0.3 is 5.69 Å². The fourth-order valence-corrected chi connectivity index (χ4v) is 2.56. The first-order valence-corrected chi connectivity index (χ1v) is 6.52. The molecule has 7 heteroatoms. The molecular formula is C11H14BrN3O3. The SMILES string of the molecule is CCCC1(O)CN(c2ncc(Br)cc2[N+](=O)[O-])C1. The van der Waals surface area contributed by atoms with Gasteiger partial charge in [-0.3, -0.25) is 10.1 Å². The fourth-order valence-electron chi connectivity index (χ4n) is 2.24. The van der Waals surface area contributed by atoms with Crippen LogP contribution in [0.4, 0.5) is 11.5 Å². The van der Waals surface area contributed by atoms with Crippen LogP contribution in [0.5, 0.6) is 0 Å². The summed E-state index contributed by atoms with van der Waals surface area (Å²) in [4.78, 5) is 16.3. The first-order chi connectivity index (χ1) is 8.45.